The Kier molecular flexibility index (Phi) is 5.78. The van der Waals surface area contributed by atoms with Crippen molar-refractivity contribution in [1.29, 1.82) is 0 Å². The molecule has 0 unspecified atom stereocenters. The van der Waals surface area contributed by atoms with Gasteiger partial charge >= 0.3 is 0 Å². The maximum Gasteiger partial charge on any atom is 0.196 e. The standard InChI is InChI=1S/C22H21N3OS2/c1-3-26-19-11-9-18(10-12-19)25-21(20-8-5-13-27-20)23-24-22(25)28-15-17-7-4-6-16(2)14-17/h4-14H,3,15H2,1-2H3. The monoisotopic (exact) mass is 407 g/mol. The minimum atomic E-state index is 0.657. The van der Waals surface area contributed by atoms with E-state index in [0.29, 0.717) is 6.61 Å². The lowest BCUT2D eigenvalue weighted by Gasteiger charge is -2.11. The number of aromatic nitrogens is 3. The molecule has 0 amide bonds. The molecule has 0 saturated heterocycles. The van der Waals surface area contributed by atoms with Gasteiger partial charge in [0.15, 0.2) is 11.0 Å². The van der Waals surface area contributed by atoms with Crippen LogP contribution in [0.1, 0.15) is 18.1 Å². The number of thiophene rings is 1. The lowest BCUT2D eigenvalue weighted by Crippen LogP contribution is -2.00. The van der Waals surface area contributed by atoms with E-state index in [1.165, 1.54) is 11.1 Å². The Morgan fingerprint density at radius 2 is 1.89 bits per heavy atom. The first kappa shape index (κ1) is 18.8. The second-order valence-electron chi connectivity index (χ2n) is 6.32. The van der Waals surface area contributed by atoms with Gasteiger partial charge in [0, 0.05) is 5.75 Å². The van der Waals surface area contributed by atoms with Crippen LogP contribution in [0.4, 0.5) is 0 Å². The van der Waals surface area contributed by atoms with Crippen LogP contribution >= 0.6 is 23.1 Å². The summed E-state index contributed by atoms with van der Waals surface area (Å²) in [5, 5.41) is 11.9. The van der Waals surface area contributed by atoms with Crippen LogP contribution in [0.3, 0.4) is 0 Å². The summed E-state index contributed by atoms with van der Waals surface area (Å²) in [4.78, 5) is 1.10. The van der Waals surface area contributed by atoms with Gasteiger partial charge in [-0.2, -0.15) is 0 Å². The van der Waals surface area contributed by atoms with Crippen molar-refractivity contribution in [2.75, 3.05) is 6.61 Å². The number of nitrogens with zero attached hydrogens (tertiary/aromatic N) is 3. The number of hydrogen-bond acceptors (Lipinski definition) is 5. The van der Waals surface area contributed by atoms with Crippen LogP contribution in [0.2, 0.25) is 0 Å². The van der Waals surface area contributed by atoms with Gasteiger partial charge in [0.25, 0.3) is 0 Å². The van der Waals surface area contributed by atoms with E-state index in [2.05, 4.69) is 69.5 Å². The number of ether oxygens (including phenoxy) is 1. The highest BCUT2D eigenvalue weighted by molar-refractivity contribution is 7.98. The van der Waals surface area contributed by atoms with Crippen LogP contribution in [0.25, 0.3) is 16.4 Å². The third-order valence-corrected chi connectivity index (χ3v) is 6.10. The Hall–Kier alpha value is -2.57. The fourth-order valence-electron chi connectivity index (χ4n) is 2.97. The van der Waals surface area contributed by atoms with Gasteiger partial charge in [0.1, 0.15) is 5.75 Å². The Labute approximate surface area is 173 Å². The number of benzene rings is 2. The average Bonchev–Trinajstić information content (AvgIpc) is 3.37. The van der Waals surface area contributed by atoms with Crippen molar-refractivity contribution >= 4 is 23.1 Å². The molecule has 0 fully saturated rings. The normalized spacial score (nSPS) is 10.9. The maximum absolute atomic E-state index is 5.58. The molecule has 0 N–H and O–H groups in total. The highest BCUT2D eigenvalue weighted by Crippen LogP contribution is 2.32. The zero-order valence-corrected chi connectivity index (χ0v) is 17.5. The van der Waals surface area contributed by atoms with E-state index in [4.69, 9.17) is 4.74 Å². The first-order chi connectivity index (χ1) is 13.7. The van der Waals surface area contributed by atoms with E-state index in [1.54, 1.807) is 23.1 Å². The molecule has 0 aliphatic heterocycles. The van der Waals surface area contributed by atoms with Crippen molar-refractivity contribution in [3.05, 3.63) is 77.2 Å². The Bertz CT molecular complexity index is 1040. The van der Waals surface area contributed by atoms with Gasteiger partial charge in [-0.3, -0.25) is 4.57 Å². The van der Waals surface area contributed by atoms with Gasteiger partial charge in [0.05, 0.1) is 17.2 Å². The van der Waals surface area contributed by atoms with E-state index in [1.807, 2.05) is 25.1 Å². The molecule has 6 heteroatoms. The number of aryl methyl sites for hydroxylation is 1. The largest absolute Gasteiger partial charge is 0.494 e. The maximum atomic E-state index is 5.58. The molecule has 4 aromatic rings. The summed E-state index contributed by atoms with van der Waals surface area (Å²) < 4.78 is 7.71. The summed E-state index contributed by atoms with van der Waals surface area (Å²) >= 11 is 3.37. The van der Waals surface area contributed by atoms with Gasteiger partial charge in [-0.25, -0.2) is 0 Å². The molecular weight excluding hydrogens is 386 g/mol. The second kappa shape index (κ2) is 8.63. The molecular formula is C22H21N3OS2. The summed E-state index contributed by atoms with van der Waals surface area (Å²) in [5.41, 5.74) is 3.58. The lowest BCUT2D eigenvalue weighted by atomic mass is 10.2. The molecule has 0 bridgehead atoms. The number of rotatable bonds is 7. The van der Waals surface area contributed by atoms with Crippen molar-refractivity contribution in [2.45, 2.75) is 24.8 Å². The summed E-state index contributed by atoms with van der Waals surface area (Å²) in [5.74, 6) is 2.58. The molecule has 4 rings (SSSR count). The fraction of sp³-hybridized carbons (Fsp3) is 0.182. The predicted molar refractivity (Wildman–Crippen MR) is 117 cm³/mol. The smallest absolute Gasteiger partial charge is 0.196 e. The zero-order valence-electron chi connectivity index (χ0n) is 15.8. The van der Waals surface area contributed by atoms with Crippen LogP contribution in [-0.4, -0.2) is 21.4 Å². The van der Waals surface area contributed by atoms with Gasteiger partial charge in [0.2, 0.25) is 0 Å². The number of thioether (sulfide) groups is 1. The molecule has 142 valence electrons. The average molecular weight is 408 g/mol. The molecule has 2 heterocycles. The van der Waals surface area contributed by atoms with E-state index < -0.39 is 0 Å². The Morgan fingerprint density at radius 3 is 2.61 bits per heavy atom. The van der Waals surface area contributed by atoms with Crippen molar-refractivity contribution in [3.8, 4) is 22.1 Å². The molecule has 0 radical (unpaired) electrons. The SMILES string of the molecule is CCOc1ccc(-n2c(SCc3cccc(C)c3)nnc2-c2cccs2)cc1. The van der Waals surface area contributed by atoms with Gasteiger partial charge < -0.3 is 4.74 Å². The van der Waals surface area contributed by atoms with Crippen LogP contribution in [0.15, 0.2) is 71.2 Å². The third kappa shape index (κ3) is 4.13. The minimum absolute atomic E-state index is 0.657. The molecule has 0 aliphatic carbocycles. The summed E-state index contributed by atoms with van der Waals surface area (Å²) in [6.07, 6.45) is 0. The van der Waals surface area contributed by atoms with Crippen LogP contribution in [0, 0.1) is 6.92 Å². The molecule has 0 atom stereocenters. The van der Waals surface area contributed by atoms with Gasteiger partial charge in [-0.05, 0) is 55.1 Å². The molecule has 4 nitrogen and oxygen atoms in total. The Balaban J connectivity index is 1.68. The molecule has 2 aromatic heterocycles. The second-order valence-corrected chi connectivity index (χ2v) is 8.21. The van der Waals surface area contributed by atoms with Crippen molar-refractivity contribution < 1.29 is 4.74 Å². The first-order valence-electron chi connectivity index (χ1n) is 9.15. The van der Waals surface area contributed by atoms with E-state index >= 15 is 0 Å². The Morgan fingerprint density at radius 1 is 1.04 bits per heavy atom. The van der Waals surface area contributed by atoms with Crippen LogP contribution in [-0.2, 0) is 5.75 Å². The molecule has 0 aliphatic rings. The molecule has 28 heavy (non-hydrogen) atoms. The number of hydrogen-bond donors (Lipinski definition) is 0. The predicted octanol–water partition coefficient (Wildman–Crippen LogP) is 6.00. The van der Waals surface area contributed by atoms with E-state index in [9.17, 15) is 0 Å². The van der Waals surface area contributed by atoms with E-state index in [0.717, 1.165) is 33.0 Å². The quantitative estimate of drug-likeness (QED) is 0.353. The molecule has 0 saturated carbocycles. The highest BCUT2D eigenvalue weighted by atomic mass is 32.2. The summed E-state index contributed by atoms with van der Waals surface area (Å²) in [6.45, 7) is 4.76. The van der Waals surface area contributed by atoms with Gasteiger partial charge in [-0.1, -0.05) is 47.7 Å². The minimum Gasteiger partial charge on any atom is -0.494 e. The first-order valence-corrected chi connectivity index (χ1v) is 11.0. The van der Waals surface area contributed by atoms with Crippen molar-refractivity contribution in [1.82, 2.24) is 14.8 Å². The summed E-state index contributed by atoms with van der Waals surface area (Å²) in [7, 11) is 0. The molecule has 0 spiro atoms. The van der Waals surface area contributed by atoms with Gasteiger partial charge in [-0.15, -0.1) is 21.5 Å². The van der Waals surface area contributed by atoms with Crippen LogP contribution < -0.4 is 4.74 Å². The van der Waals surface area contributed by atoms with Crippen LogP contribution in [0.5, 0.6) is 5.75 Å². The fourth-order valence-corrected chi connectivity index (χ4v) is 4.56. The topological polar surface area (TPSA) is 39.9 Å². The third-order valence-electron chi connectivity index (χ3n) is 4.23. The van der Waals surface area contributed by atoms with Crippen molar-refractivity contribution in [3.63, 3.8) is 0 Å². The highest BCUT2D eigenvalue weighted by Gasteiger charge is 2.17. The molecule has 2 aromatic carbocycles. The zero-order chi connectivity index (χ0) is 19.3. The lowest BCUT2D eigenvalue weighted by molar-refractivity contribution is 0.340. The van der Waals surface area contributed by atoms with E-state index in [-0.39, 0.29) is 0 Å². The van der Waals surface area contributed by atoms with Crippen molar-refractivity contribution in [2.24, 2.45) is 0 Å². The summed E-state index contributed by atoms with van der Waals surface area (Å²) in [6, 6.07) is 20.8.